The molecule has 1 fully saturated rings. The van der Waals surface area contributed by atoms with Crippen molar-refractivity contribution < 1.29 is 22.4 Å². The Balaban J connectivity index is 1.70. The third-order valence-electron chi connectivity index (χ3n) is 4.97. The van der Waals surface area contributed by atoms with Gasteiger partial charge in [-0.1, -0.05) is 30.9 Å². The smallest absolute Gasteiger partial charge is 0.309 e. The number of benzene rings is 1. The van der Waals surface area contributed by atoms with Gasteiger partial charge in [0, 0.05) is 17.6 Å². The van der Waals surface area contributed by atoms with Crippen LogP contribution in [-0.2, 0) is 19.4 Å². The Bertz CT molecular complexity index is 936. The summed E-state index contributed by atoms with van der Waals surface area (Å²) in [6.45, 7) is -0.296. The largest absolute Gasteiger partial charge is 0.468 e. The second-order valence-corrected chi connectivity index (χ2v) is 9.59. The fourth-order valence-corrected chi connectivity index (χ4v) is 5.10. The molecule has 0 spiro atoms. The molecule has 29 heavy (non-hydrogen) atoms. The number of carbonyl (C=O) groups is 2. The second kappa shape index (κ2) is 9.45. The van der Waals surface area contributed by atoms with Crippen LogP contribution in [0.4, 0.5) is 0 Å². The van der Waals surface area contributed by atoms with Crippen LogP contribution < -0.4 is 10.6 Å². The van der Waals surface area contributed by atoms with Crippen LogP contribution in [0.3, 0.4) is 0 Å². The van der Waals surface area contributed by atoms with E-state index in [-0.39, 0.29) is 23.2 Å². The van der Waals surface area contributed by atoms with Crippen LogP contribution in [0, 0.1) is 0 Å². The average molecular weight is 439 g/mol. The molecule has 3 rings (SSSR count). The van der Waals surface area contributed by atoms with Gasteiger partial charge in [0.05, 0.1) is 11.2 Å². The van der Waals surface area contributed by atoms with Crippen molar-refractivity contribution in [2.24, 2.45) is 0 Å². The van der Waals surface area contributed by atoms with Crippen LogP contribution in [-0.4, -0.2) is 32.8 Å². The number of sulfone groups is 1. The summed E-state index contributed by atoms with van der Waals surface area (Å²) < 4.78 is 31.5. The normalized spacial score (nSPS) is 16.2. The van der Waals surface area contributed by atoms with Crippen LogP contribution in [0.25, 0.3) is 0 Å². The monoisotopic (exact) mass is 438 g/mol. The van der Waals surface area contributed by atoms with Crippen molar-refractivity contribution in [1.29, 1.82) is 0 Å². The van der Waals surface area contributed by atoms with Crippen molar-refractivity contribution in [3.8, 4) is 0 Å². The quantitative estimate of drug-likeness (QED) is 0.674. The number of hydrogen-bond acceptors (Lipinski definition) is 5. The number of nitrogens with one attached hydrogen (secondary N) is 2. The maximum Gasteiger partial charge on any atom is 0.309 e. The molecular weight excluding hydrogens is 416 g/mol. The van der Waals surface area contributed by atoms with Crippen LogP contribution in [0.1, 0.15) is 43.1 Å². The molecule has 0 aliphatic heterocycles. The maximum atomic E-state index is 13.1. The minimum Gasteiger partial charge on any atom is -0.468 e. The van der Waals surface area contributed by atoms with E-state index in [1.54, 1.807) is 6.07 Å². The van der Waals surface area contributed by atoms with E-state index in [2.05, 4.69) is 10.6 Å². The Morgan fingerprint density at radius 3 is 2.38 bits per heavy atom. The summed E-state index contributed by atoms with van der Waals surface area (Å²) in [5.41, 5.74) is 0. The summed E-state index contributed by atoms with van der Waals surface area (Å²) in [5.74, 6) is -1.44. The van der Waals surface area contributed by atoms with Gasteiger partial charge in [-0.3, -0.25) is 9.59 Å². The predicted octanol–water partition coefficient (Wildman–Crippen LogP) is 3.01. The van der Waals surface area contributed by atoms with E-state index in [1.807, 2.05) is 0 Å². The van der Waals surface area contributed by atoms with Crippen LogP contribution >= 0.6 is 11.6 Å². The molecule has 2 amide bonds. The minimum atomic E-state index is -3.89. The molecule has 2 N–H and O–H groups in total. The van der Waals surface area contributed by atoms with Crippen LogP contribution in [0.2, 0.25) is 5.02 Å². The lowest BCUT2D eigenvalue weighted by atomic mass is 9.95. The van der Waals surface area contributed by atoms with E-state index in [4.69, 9.17) is 16.0 Å². The van der Waals surface area contributed by atoms with Crippen molar-refractivity contribution in [2.75, 3.05) is 6.54 Å². The molecule has 0 radical (unpaired) electrons. The SMILES string of the molecule is O=C(NC[C@@H](c1ccco1)S(=O)(=O)c1ccc(Cl)cc1)C(=O)NC1CCCCC1. The number of hydrogen-bond donors (Lipinski definition) is 2. The lowest BCUT2D eigenvalue weighted by Crippen LogP contribution is -2.46. The van der Waals surface area contributed by atoms with Crippen LogP contribution in [0.5, 0.6) is 0 Å². The number of furan rings is 1. The van der Waals surface area contributed by atoms with Crippen molar-refractivity contribution in [2.45, 2.75) is 48.3 Å². The van der Waals surface area contributed by atoms with E-state index in [1.165, 1.54) is 36.6 Å². The molecule has 9 heteroatoms. The Labute approximate surface area is 174 Å². The Morgan fingerprint density at radius 1 is 1.07 bits per heavy atom. The zero-order chi connectivity index (χ0) is 20.9. The van der Waals surface area contributed by atoms with E-state index < -0.39 is 26.9 Å². The number of halogens is 1. The molecule has 2 aromatic rings. The first-order valence-corrected chi connectivity index (χ1v) is 11.4. The van der Waals surface area contributed by atoms with Crippen molar-refractivity contribution in [3.05, 3.63) is 53.4 Å². The van der Waals surface area contributed by atoms with Gasteiger partial charge in [-0.2, -0.15) is 0 Å². The highest BCUT2D eigenvalue weighted by molar-refractivity contribution is 7.91. The van der Waals surface area contributed by atoms with Crippen LogP contribution in [0.15, 0.2) is 52.0 Å². The molecule has 0 unspecified atom stereocenters. The molecule has 156 valence electrons. The molecule has 1 aliphatic rings. The van der Waals surface area contributed by atoms with Crippen molar-refractivity contribution in [1.82, 2.24) is 10.6 Å². The molecule has 1 aromatic carbocycles. The summed E-state index contributed by atoms with van der Waals surface area (Å²) in [6.07, 6.45) is 6.22. The second-order valence-electron chi connectivity index (χ2n) is 7.02. The predicted molar refractivity (Wildman–Crippen MR) is 108 cm³/mol. The van der Waals surface area contributed by atoms with Crippen molar-refractivity contribution in [3.63, 3.8) is 0 Å². The summed E-state index contributed by atoms with van der Waals surface area (Å²) >= 11 is 5.84. The molecule has 1 heterocycles. The fourth-order valence-electron chi connectivity index (χ4n) is 3.39. The third-order valence-corrected chi connectivity index (χ3v) is 7.30. The van der Waals surface area contributed by atoms with E-state index >= 15 is 0 Å². The Morgan fingerprint density at radius 2 is 1.76 bits per heavy atom. The van der Waals surface area contributed by atoms with Gasteiger partial charge >= 0.3 is 11.8 Å². The summed E-state index contributed by atoms with van der Waals surface area (Å²) in [4.78, 5) is 24.4. The van der Waals surface area contributed by atoms with E-state index in [9.17, 15) is 18.0 Å². The maximum absolute atomic E-state index is 13.1. The highest BCUT2D eigenvalue weighted by Gasteiger charge is 2.32. The zero-order valence-corrected chi connectivity index (χ0v) is 17.3. The van der Waals surface area contributed by atoms with Gasteiger partial charge in [-0.15, -0.1) is 0 Å². The molecule has 1 aliphatic carbocycles. The summed E-state index contributed by atoms with van der Waals surface area (Å²) in [5, 5.41) is 4.38. The summed E-state index contributed by atoms with van der Waals surface area (Å²) in [7, 11) is -3.89. The average Bonchev–Trinajstić information content (AvgIpc) is 3.23. The van der Waals surface area contributed by atoms with Gasteiger partial charge in [0.2, 0.25) is 0 Å². The van der Waals surface area contributed by atoms with E-state index in [0.29, 0.717) is 5.02 Å². The fraction of sp³-hybridized carbons (Fsp3) is 0.400. The highest BCUT2D eigenvalue weighted by Crippen LogP contribution is 2.29. The molecule has 1 atom stereocenters. The standard InChI is InChI=1S/C20H23ClN2O5S/c21-14-8-10-16(11-9-14)29(26,27)18(17-7-4-12-28-17)13-22-19(24)20(25)23-15-5-2-1-3-6-15/h4,7-12,15,18H,1-3,5-6,13H2,(H,22,24)(H,23,25)/t18-/m0/s1. The molecular formula is C20H23ClN2O5S. The molecule has 0 saturated heterocycles. The zero-order valence-electron chi connectivity index (χ0n) is 15.8. The molecule has 0 bridgehead atoms. The van der Waals surface area contributed by atoms with Gasteiger partial charge < -0.3 is 15.1 Å². The first-order valence-electron chi connectivity index (χ1n) is 9.49. The van der Waals surface area contributed by atoms with Gasteiger partial charge in [-0.05, 0) is 49.2 Å². The Kier molecular flexibility index (Phi) is 6.97. The van der Waals surface area contributed by atoms with Gasteiger partial charge in [0.1, 0.15) is 11.0 Å². The Hall–Kier alpha value is -2.32. The topological polar surface area (TPSA) is 105 Å². The molecule has 1 aromatic heterocycles. The number of amides is 2. The highest BCUT2D eigenvalue weighted by atomic mass is 35.5. The van der Waals surface area contributed by atoms with Crippen molar-refractivity contribution >= 4 is 33.3 Å². The van der Waals surface area contributed by atoms with Gasteiger partial charge in [-0.25, -0.2) is 8.42 Å². The third kappa shape index (κ3) is 5.39. The summed E-state index contributed by atoms with van der Waals surface area (Å²) in [6, 6.07) is 8.81. The molecule has 7 nitrogen and oxygen atoms in total. The lowest BCUT2D eigenvalue weighted by molar-refractivity contribution is -0.139. The number of rotatable bonds is 6. The lowest BCUT2D eigenvalue weighted by Gasteiger charge is -2.22. The first kappa shape index (κ1) is 21.4. The number of carbonyl (C=O) groups excluding carboxylic acids is 2. The minimum absolute atomic E-state index is 0.0133. The van der Waals surface area contributed by atoms with Gasteiger partial charge in [0.25, 0.3) is 0 Å². The first-order chi connectivity index (χ1) is 13.9. The van der Waals surface area contributed by atoms with Gasteiger partial charge in [0.15, 0.2) is 9.84 Å². The molecule has 1 saturated carbocycles. The van der Waals surface area contributed by atoms with E-state index in [0.717, 1.165) is 32.1 Å².